The Morgan fingerprint density at radius 3 is 2.47 bits per heavy atom. The number of benzene rings is 3. The van der Waals surface area contributed by atoms with Crippen molar-refractivity contribution in [3.63, 3.8) is 0 Å². The number of rotatable bonds is 6. The van der Waals surface area contributed by atoms with Crippen molar-refractivity contribution < 1.29 is 23.0 Å². The minimum absolute atomic E-state index is 0.0617. The summed E-state index contributed by atoms with van der Waals surface area (Å²) in [5, 5.41) is 3.39. The normalized spacial score (nSPS) is 15.5. The largest absolute Gasteiger partial charge is 0.493 e. The number of carbonyl (C=O) groups is 1. The molecule has 154 valence electrons. The first-order valence-electron chi connectivity index (χ1n) is 9.40. The van der Waals surface area contributed by atoms with Gasteiger partial charge < -0.3 is 19.7 Å². The lowest BCUT2D eigenvalue weighted by Gasteiger charge is -2.38. The van der Waals surface area contributed by atoms with Crippen molar-refractivity contribution in [3.05, 3.63) is 89.5 Å². The molecule has 1 N–H and O–H groups in total. The van der Waals surface area contributed by atoms with Crippen LogP contribution in [0.25, 0.3) is 0 Å². The first-order valence-corrected chi connectivity index (χ1v) is 9.40. The van der Waals surface area contributed by atoms with Gasteiger partial charge in [-0.1, -0.05) is 48.5 Å². The van der Waals surface area contributed by atoms with Crippen LogP contribution in [0, 0.1) is 0 Å². The number of fused-ring (bicyclic) bond motifs is 1. The third-order valence-electron chi connectivity index (χ3n) is 4.94. The second-order valence-electron chi connectivity index (χ2n) is 6.80. The maximum absolute atomic E-state index is 13.3. The molecule has 1 atom stereocenters. The minimum atomic E-state index is -2.96. The Labute approximate surface area is 172 Å². The highest BCUT2D eigenvalue weighted by molar-refractivity contribution is 6.01. The Hall–Kier alpha value is -3.61. The number of methoxy groups -OCH3 is 1. The van der Waals surface area contributed by atoms with Gasteiger partial charge in [0.15, 0.2) is 11.5 Å². The van der Waals surface area contributed by atoms with Crippen molar-refractivity contribution in [2.45, 2.75) is 19.3 Å². The van der Waals surface area contributed by atoms with Gasteiger partial charge in [-0.15, -0.1) is 0 Å². The summed E-state index contributed by atoms with van der Waals surface area (Å²) in [6.45, 7) is -2.58. The standard InChI is InChI=1S/C23H20F2N2O3/c1-29-20-13-16(11-12-19(20)30-23(24)25)21-26-18-10-6-5-9-17(18)22(28)27(21)14-15-7-3-2-4-8-15/h2-13,21,23,26H,14H2,1H3/t21-/m1/s1. The number of anilines is 1. The van der Waals surface area contributed by atoms with E-state index in [0.717, 1.165) is 5.56 Å². The monoisotopic (exact) mass is 410 g/mol. The van der Waals surface area contributed by atoms with Gasteiger partial charge in [0.2, 0.25) is 0 Å². The van der Waals surface area contributed by atoms with Gasteiger partial charge in [0.05, 0.1) is 12.7 Å². The van der Waals surface area contributed by atoms with Crippen molar-refractivity contribution >= 4 is 11.6 Å². The maximum Gasteiger partial charge on any atom is 0.387 e. The van der Waals surface area contributed by atoms with Crippen LogP contribution in [0.3, 0.4) is 0 Å². The van der Waals surface area contributed by atoms with Crippen LogP contribution in [-0.2, 0) is 6.54 Å². The van der Waals surface area contributed by atoms with Crippen LogP contribution < -0.4 is 14.8 Å². The van der Waals surface area contributed by atoms with E-state index in [1.165, 1.54) is 13.2 Å². The molecule has 0 fully saturated rings. The molecule has 0 aliphatic carbocycles. The fourth-order valence-electron chi connectivity index (χ4n) is 3.55. The van der Waals surface area contributed by atoms with Crippen LogP contribution in [0.1, 0.15) is 27.7 Å². The van der Waals surface area contributed by atoms with E-state index in [1.807, 2.05) is 48.5 Å². The molecule has 0 bridgehead atoms. The number of nitrogens with one attached hydrogen (secondary N) is 1. The van der Waals surface area contributed by atoms with Gasteiger partial charge in [0.1, 0.15) is 6.17 Å². The Bertz CT molecular complexity index is 1040. The topological polar surface area (TPSA) is 50.8 Å². The number of hydrogen-bond acceptors (Lipinski definition) is 4. The summed E-state index contributed by atoms with van der Waals surface area (Å²) in [7, 11) is 1.38. The highest BCUT2D eigenvalue weighted by atomic mass is 19.3. The Morgan fingerprint density at radius 1 is 1.00 bits per heavy atom. The molecular formula is C23H20F2N2O3. The highest BCUT2D eigenvalue weighted by Gasteiger charge is 2.33. The van der Waals surface area contributed by atoms with Gasteiger partial charge >= 0.3 is 6.61 Å². The van der Waals surface area contributed by atoms with Crippen LogP contribution in [0.4, 0.5) is 14.5 Å². The maximum atomic E-state index is 13.3. The predicted octanol–water partition coefficient (Wildman–Crippen LogP) is 5.06. The van der Waals surface area contributed by atoms with E-state index in [2.05, 4.69) is 10.1 Å². The molecule has 3 aromatic rings. The number of nitrogens with zero attached hydrogens (tertiary/aromatic N) is 1. The number of para-hydroxylation sites is 1. The van der Waals surface area contributed by atoms with Crippen molar-refractivity contribution in [1.29, 1.82) is 0 Å². The van der Waals surface area contributed by atoms with Gasteiger partial charge in [0, 0.05) is 12.2 Å². The molecule has 3 aromatic carbocycles. The third kappa shape index (κ3) is 3.91. The van der Waals surface area contributed by atoms with Crippen LogP contribution in [0.15, 0.2) is 72.8 Å². The van der Waals surface area contributed by atoms with E-state index < -0.39 is 12.8 Å². The molecule has 4 rings (SSSR count). The van der Waals surface area contributed by atoms with Crippen LogP contribution in [0.5, 0.6) is 11.5 Å². The van der Waals surface area contributed by atoms with Gasteiger partial charge in [-0.25, -0.2) is 0 Å². The Kier molecular flexibility index (Phi) is 5.52. The number of amides is 1. The fourth-order valence-corrected chi connectivity index (χ4v) is 3.55. The SMILES string of the molecule is COc1cc([C@@H]2Nc3ccccc3C(=O)N2Cc2ccccc2)ccc1OC(F)F. The molecule has 1 aliphatic heterocycles. The van der Waals surface area contributed by atoms with Gasteiger partial charge in [-0.2, -0.15) is 8.78 Å². The summed E-state index contributed by atoms with van der Waals surface area (Å²) in [6, 6.07) is 21.6. The molecule has 0 aromatic heterocycles. The minimum Gasteiger partial charge on any atom is -0.493 e. The van der Waals surface area contributed by atoms with Gasteiger partial charge in [-0.3, -0.25) is 4.79 Å². The van der Waals surface area contributed by atoms with Crippen molar-refractivity contribution in [3.8, 4) is 11.5 Å². The summed E-state index contributed by atoms with van der Waals surface area (Å²) >= 11 is 0. The van der Waals surface area contributed by atoms with E-state index in [1.54, 1.807) is 23.1 Å². The van der Waals surface area contributed by atoms with Gasteiger partial charge in [0.25, 0.3) is 5.91 Å². The summed E-state index contributed by atoms with van der Waals surface area (Å²) in [5.74, 6) is -0.0148. The molecular weight excluding hydrogens is 390 g/mol. The molecule has 30 heavy (non-hydrogen) atoms. The van der Waals surface area contributed by atoms with Gasteiger partial charge in [-0.05, 0) is 35.4 Å². The molecule has 0 radical (unpaired) electrons. The first kappa shape index (κ1) is 19.7. The predicted molar refractivity (Wildman–Crippen MR) is 109 cm³/mol. The van der Waals surface area contributed by atoms with Crippen molar-refractivity contribution in [2.24, 2.45) is 0 Å². The molecule has 1 aliphatic rings. The lowest BCUT2D eigenvalue weighted by molar-refractivity contribution is -0.0512. The van der Waals surface area contributed by atoms with E-state index in [9.17, 15) is 13.6 Å². The molecule has 0 unspecified atom stereocenters. The second kappa shape index (κ2) is 8.41. The zero-order valence-electron chi connectivity index (χ0n) is 16.2. The third-order valence-corrected chi connectivity index (χ3v) is 4.94. The number of alkyl halides is 2. The molecule has 0 spiro atoms. The van der Waals surface area contributed by atoms with E-state index >= 15 is 0 Å². The molecule has 1 heterocycles. The zero-order valence-corrected chi connectivity index (χ0v) is 16.2. The fraction of sp³-hybridized carbons (Fsp3) is 0.174. The smallest absolute Gasteiger partial charge is 0.387 e. The molecule has 1 amide bonds. The summed E-state index contributed by atoms with van der Waals surface area (Å²) in [6.07, 6.45) is -0.512. The van der Waals surface area contributed by atoms with E-state index in [-0.39, 0.29) is 17.4 Å². The number of carbonyl (C=O) groups excluding carboxylic acids is 1. The van der Waals surface area contributed by atoms with Crippen molar-refractivity contribution in [2.75, 3.05) is 12.4 Å². The quantitative estimate of drug-likeness (QED) is 0.617. The van der Waals surface area contributed by atoms with E-state index in [4.69, 9.17) is 4.74 Å². The van der Waals surface area contributed by atoms with E-state index in [0.29, 0.717) is 23.4 Å². The van der Waals surface area contributed by atoms with Crippen molar-refractivity contribution in [1.82, 2.24) is 4.90 Å². The average Bonchev–Trinajstić information content (AvgIpc) is 2.76. The van der Waals surface area contributed by atoms with Crippen LogP contribution in [0.2, 0.25) is 0 Å². The second-order valence-corrected chi connectivity index (χ2v) is 6.80. The molecule has 0 saturated carbocycles. The summed E-state index contributed by atoms with van der Waals surface area (Å²) < 4.78 is 35.1. The number of hydrogen-bond donors (Lipinski definition) is 1. The summed E-state index contributed by atoms with van der Waals surface area (Å²) in [4.78, 5) is 15.0. The first-order chi connectivity index (χ1) is 14.6. The average molecular weight is 410 g/mol. The zero-order chi connectivity index (χ0) is 21.1. The Morgan fingerprint density at radius 2 is 1.73 bits per heavy atom. The molecule has 0 saturated heterocycles. The lowest BCUT2D eigenvalue weighted by Crippen LogP contribution is -2.42. The molecule has 7 heteroatoms. The van der Waals surface area contributed by atoms with Crippen LogP contribution in [-0.4, -0.2) is 24.5 Å². The Balaban J connectivity index is 1.74. The highest BCUT2D eigenvalue weighted by Crippen LogP contribution is 2.38. The number of halogens is 2. The lowest BCUT2D eigenvalue weighted by atomic mass is 10.0. The van der Waals surface area contributed by atoms with Crippen LogP contribution >= 0.6 is 0 Å². The summed E-state index contributed by atoms with van der Waals surface area (Å²) in [5.41, 5.74) is 2.95. The number of ether oxygens (including phenoxy) is 2. The molecule has 5 nitrogen and oxygen atoms in total.